The lowest BCUT2D eigenvalue weighted by Crippen LogP contribution is -2.28. The van der Waals surface area contributed by atoms with Gasteiger partial charge in [-0.05, 0) is 42.7 Å². The Morgan fingerprint density at radius 1 is 1.08 bits per heavy atom. The molecule has 0 aliphatic carbocycles. The molecule has 1 aromatic heterocycles. The Morgan fingerprint density at radius 3 is 2.38 bits per heavy atom. The van der Waals surface area contributed by atoms with E-state index in [1.54, 1.807) is 12.1 Å². The quantitative estimate of drug-likeness (QED) is 0.281. The Bertz CT molecular complexity index is 1290. The molecule has 3 rings (SSSR count). The molecule has 2 amide bonds. The van der Waals surface area contributed by atoms with Gasteiger partial charge in [-0.25, -0.2) is 0 Å². The van der Waals surface area contributed by atoms with Crippen LogP contribution in [0, 0.1) is 6.92 Å². The molecule has 0 saturated carbocycles. The number of amides is 2. The van der Waals surface area contributed by atoms with Gasteiger partial charge in [0, 0.05) is 29.7 Å². The fourth-order valence-electron chi connectivity index (χ4n) is 3.94. The summed E-state index contributed by atoms with van der Waals surface area (Å²) in [6.07, 6.45) is -1.63. The summed E-state index contributed by atoms with van der Waals surface area (Å²) in [4.78, 5) is 25.7. The number of benzene rings is 2. The van der Waals surface area contributed by atoms with Crippen molar-refractivity contribution in [1.29, 1.82) is 0 Å². The SMILES string of the molecule is CCCCNC(=O)Cn1cc(C(=O)Nc2ccc(CS(=O)[O-])cc2)c(C)c1-c1ccccc1C(F)(F)F. The van der Waals surface area contributed by atoms with Gasteiger partial charge >= 0.3 is 6.18 Å². The van der Waals surface area contributed by atoms with E-state index in [-0.39, 0.29) is 40.6 Å². The third kappa shape index (κ3) is 7.30. The van der Waals surface area contributed by atoms with Crippen LogP contribution in [0.2, 0.25) is 0 Å². The molecule has 0 aliphatic rings. The number of halogens is 3. The fourth-order valence-corrected chi connectivity index (χ4v) is 4.41. The second kappa shape index (κ2) is 12.2. The van der Waals surface area contributed by atoms with Gasteiger partial charge in [-0.2, -0.15) is 13.2 Å². The summed E-state index contributed by atoms with van der Waals surface area (Å²) in [7, 11) is 0. The molecule has 1 atom stereocenters. The van der Waals surface area contributed by atoms with Crippen LogP contribution in [0.4, 0.5) is 18.9 Å². The number of carbonyl (C=O) groups is 2. The Kier molecular flexibility index (Phi) is 9.28. The number of rotatable bonds is 10. The Morgan fingerprint density at radius 2 is 1.76 bits per heavy atom. The first-order chi connectivity index (χ1) is 17.5. The lowest BCUT2D eigenvalue weighted by Gasteiger charge is -2.16. The minimum Gasteiger partial charge on any atom is -0.772 e. The number of aromatic nitrogens is 1. The van der Waals surface area contributed by atoms with Crippen LogP contribution in [-0.4, -0.2) is 31.7 Å². The van der Waals surface area contributed by atoms with E-state index in [1.807, 2.05) is 6.92 Å². The summed E-state index contributed by atoms with van der Waals surface area (Å²) in [5.74, 6) is -1.13. The zero-order chi connectivity index (χ0) is 27.2. The van der Waals surface area contributed by atoms with Gasteiger partial charge in [0.05, 0.1) is 16.8 Å². The molecule has 37 heavy (non-hydrogen) atoms. The average Bonchev–Trinajstić information content (AvgIpc) is 3.15. The van der Waals surface area contributed by atoms with Crippen molar-refractivity contribution in [1.82, 2.24) is 9.88 Å². The summed E-state index contributed by atoms with van der Waals surface area (Å²) in [6, 6.07) is 11.2. The average molecular weight is 535 g/mol. The van der Waals surface area contributed by atoms with Gasteiger partial charge in [0.1, 0.15) is 6.54 Å². The number of carbonyl (C=O) groups excluding carboxylic acids is 2. The number of unbranched alkanes of at least 4 members (excludes halogenated alkanes) is 1. The van der Waals surface area contributed by atoms with Gasteiger partial charge in [0.15, 0.2) is 0 Å². The Labute approximate surface area is 215 Å². The van der Waals surface area contributed by atoms with E-state index < -0.39 is 28.7 Å². The van der Waals surface area contributed by atoms with E-state index in [0.717, 1.165) is 18.9 Å². The first-order valence-corrected chi connectivity index (χ1v) is 12.8. The van der Waals surface area contributed by atoms with Crippen LogP contribution in [0.5, 0.6) is 0 Å². The van der Waals surface area contributed by atoms with E-state index in [0.29, 0.717) is 17.8 Å². The standard InChI is InChI=1S/C26H28F3N3O4S/c1-3-4-13-30-23(33)15-32-14-21(25(34)31-19-11-9-18(10-12-19)16-37(35)36)17(2)24(32)20-7-5-6-8-22(20)26(27,28)29/h5-12,14H,3-4,13,15-16H2,1-2H3,(H,30,33)(H,31,34)(H,35,36)/p-1. The lowest BCUT2D eigenvalue weighted by molar-refractivity contribution is -0.137. The van der Waals surface area contributed by atoms with Crippen molar-refractivity contribution >= 4 is 28.6 Å². The number of nitrogens with one attached hydrogen (secondary N) is 2. The monoisotopic (exact) mass is 534 g/mol. The normalized spacial score (nSPS) is 12.3. The summed E-state index contributed by atoms with van der Waals surface area (Å²) in [6.45, 7) is 3.68. The topological polar surface area (TPSA) is 103 Å². The van der Waals surface area contributed by atoms with Crippen LogP contribution in [0.25, 0.3) is 11.3 Å². The predicted octanol–water partition coefficient (Wildman–Crippen LogP) is 5.03. The van der Waals surface area contributed by atoms with Crippen LogP contribution in [-0.2, 0) is 34.3 Å². The van der Waals surface area contributed by atoms with E-state index in [9.17, 15) is 31.5 Å². The van der Waals surface area contributed by atoms with E-state index in [2.05, 4.69) is 10.6 Å². The predicted molar refractivity (Wildman–Crippen MR) is 135 cm³/mol. The molecule has 0 fully saturated rings. The number of hydrogen-bond acceptors (Lipinski definition) is 4. The van der Waals surface area contributed by atoms with Crippen LogP contribution in [0.1, 0.15) is 46.8 Å². The third-order valence-corrected chi connectivity index (χ3v) is 6.30. The lowest BCUT2D eigenvalue weighted by atomic mass is 10.00. The number of hydrogen-bond donors (Lipinski definition) is 2. The molecule has 1 unspecified atom stereocenters. The fraction of sp³-hybridized carbons (Fsp3) is 0.308. The number of alkyl halides is 3. The molecule has 7 nitrogen and oxygen atoms in total. The van der Waals surface area contributed by atoms with Crippen molar-refractivity contribution in [2.75, 3.05) is 11.9 Å². The highest BCUT2D eigenvalue weighted by atomic mass is 32.2. The van der Waals surface area contributed by atoms with Crippen molar-refractivity contribution in [3.05, 3.63) is 77.0 Å². The molecule has 1 heterocycles. The van der Waals surface area contributed by atoms with E-state index >= 15 is 0 Å². The van der Waals surface area contributed by atoms with Gasteiger partial charge < -0.3 is 19.8 Å². The maximum absolute atomic E-state index is 13.8. The van der Waals surface area contributed by atoms with Crippen molar-refractivity contribution in [2.45, 2.75) is 45.2 Å². The van der Waals surface area contributed by atoms with Crippen molar-refractivity contribution < 1.29 is 31.5 Å². The highest BCUT2D eigenvalue weighted by Crippen LogP contribution is 2.39. The Balaban J connectivity index is 1.99. The second-order valence-corrected chi connectivity index (χ2v) is 9.39. The molecule has 0 spiro atoms. The van der Waals surface area contributed by atoms with Crippen molar-refractivity contribution in [3.63, 3.8) is 0 Å². The molecule has 2 N–H and O–H groups in total. The van der Waals surface area contributed by atoms with Crippen LogP contribution in [0.15, 0.2) is 54.7 Å². The van der Waals surface area contributed by atoms with Crippen molar-refractivity contribution in [2.24, 2.45) is 0 Å². The maximum atomic E-state index is 13.8. The largest absolute Gasteiger partial charge is 0.772 e. The third-order valence-electron chi connectivity index (χ3n) is 5.73. The van der Waals surface area contributed by atoms with E-state index in [1.165, 1.54) is 48.0 Å². The maximum Gasteiger partial charge on any atom is 0.417 e. The minimum absolute atomic E-state index is 0.109. The zero-order valence-electron chi connectivity index (χ0n) is 20.4. The molecular formula is C26H27F3N3O4S-. The van der Waals surface area contributed by atoms with Gasteiger partial charge in [-0.15, -0.1) is 0 Å². The highest BCUT2D eigenvalue weighted by molar-refractivity contribution is 7.78. The number of anilines is 1. The summed E-state index contributed by atoms with van der Waals surface area (Å²) >= 11 is -2.25. The molecular weight excluding hydrogens is 507 g/mol. The molecule has 11 heteroatoms. The summed E-state index contributed by atoms with van der Waals surface area (Å²) in [5.41, 5.74) is 0.426. The zero-order valence-corrected chi connectivity index (χ0v) is 21.2. The first-order valence-electron chi connectivity index (χ1n) is 11.6. The van der Waals surface area contributed by atoms with E-state index in [4.69, 9.17) is 0 Å². The van der Waals surface area contributed by atoms with Gasteiger partial charge in [-0.1, -0.05) is 54.8 Å². The summed E-state index contributed by atoms with van der Waals surface area (Å²) < 4.78 is 64.6. The minimum atomic E-state index is -4.64. The van der Waals surface area contributed by atoms with Crippen molar-refractivity contribution in [3.8, 4) is 11.3 Å². The molecule has 0 radical (unpaired) electrons. The van der Waals surface area contributed by atoms with Gasteiger partial charge in [0.25, 0.3) is 5.91 Å². The Hall–Kier alpha value is -3.44. The van der Waals surface area contributed by atoms with Gasteiger partial charge in [-0.3, -0.25) is 13.8 Å². The summed E-state index contributed by atoms with van der Waals surface area (Å²) in [5, 5.41) is 5.43. The molecule has 0 saturated heterocycles. The van der Waals surface area contributed by atoms with Crippen LogP contribution >= 0.6 is 0 Å². The van der Waals surface area contributed by atoms with Crippen LogP contribution < -0.4 is 10.6 Å². The number of nitrogens with zero attached hydrogens (tertiary/aromatic N) is 1. The highest BCUT2D eigenvalue weighted by Gasteiger charge is 2.35. The molecule has 3 aromatic rings. The van der Waals surface area contributed by atoms with Gasteiger partial charge in [0.2, 0.25) is 5.91 Å². The molecule has 0 aliphatic heterocycles. The van der Waals surface area contributed by atoms with Crippen LogP contribution in [0.3, 0.4) is 0 Å². The molecule has 2 aromatic carbocycles. The molecule has 198 valence electrons. The second-order valence-electron chi connectivity index (χ2n) is 8.49. The smallest absolute Gasteiger partial charge is 0.417 e. The first kappa shape index (κ1) is 28.1. The molecule has 0 bridgehead atoms.